The Kier molecular flexibility index (Phi) is 6.67. The second-order valence-corrected chi connectivity index (χ2v) is 11.3. The minimum atomic E-state index is 0. The van der Waals surface area contributed by atoms with Gasteiger partial charge < -0.3 is 19.1 Å². The number of likely N-dealkylation sites (tertiary alicyclic amines) is 1. The standard InChI is InChI=1S/C32H32N4O3.ClH/c1-20-16-25(30-33-21(2)39-34-30)8-9-26(20)22-4-6-23(7-5-22)31(37)36-13-10-24-17-29-27(18-28(24)36)32(19-38-29)11-14-35(3)15-12-32;/h4-9,16-18H,10-15,19H2,1-3H3;1H. The molecule has 0 unspecified atom stereocenters. The number of nitrogens with zero attached hydrogens (tertiary/aromatic N) is 4. The highest BCUT2D eigenvalue weighted by Crippen LogP contribution is 2.49. The van der Waals surface area contributed by atoms with Crippen LogP contribution in [0.5, 0.6) is 5.75 Å². The molecule has 0 N–H and O–H groups in total. The number of halogens is 1. The number of ether oxygens (including phenoxy) is 1. The summed E-state index contributed by atoms with van der Waals surface area (Å²) in [5, 5.41) is 4.02. The van der Waals surface area contributed by atoms with Crippen LogP contribution < -0.4 is 9.64 Å². The zero-order valence-electron chi connectivity index (χ0n) is 23.1. The molecule has 1 fully saturated rings. The molecule has 40 heavy (non-hydrogen) atoms. The molecule has 1 spiro atoms. The predicted molar refractivity (Wildman–Crippen MR) is 158 cm³/mol. The molecule has 0 aliphatic carbocycles. The van der Waals surface area contributed by atoms with Crippen LogP contribution in [0.25, 0.3) is 22.5 Å². The Hall–Kier alpha value is -3.68. The molecule has 8 heteroatoms. The second kappa shape index (κ2) is 10.1. The molecule has 3 aliphatic heterocycles. The summed E-state index contributed by atoms with van der Waals surface area (Å²) in [5.41, 5.74) is 8.54. The van der Waals surface area contributed by atoms with E-state index in [0.29, 0.717) is 23.8 Å². The normalized spacial score (nSPS) is 17.3. The van der Waals surface area contributed by atoms with Gasteiger partial charge in [0.05, 0.1) is 6.61 Å². The summed E-state index contributed by atoms with van der Waals surface area (Å²) in [6.07, 6.45) is 3.05. The van der Waals surface area contributed by atoms with Gasteiger partial charge in [0, 0.05) is 41.3 Å². The summed E-state index contributed by atoms with van der Waals surface area (Å²) < 4.78 is 11.3. The second-order valence-electron chi connectivity index (χ2n) is 11.3. The first-order valence-electron chi connectivity index (χ1n) is 13.7. The van der Waals surface area contributed by atoms with Crippen LogP contribution in [-0.4, -0.2) is 54.2 Å². The largest absolute Gasteiger partial charge is 0.492 e. The molecule has 4 heterocycles. The summed E-state index contributed by atoms with van der Waals surface area (Å²) in [6, 6.07) is 18.6. The molecule has 0 atom stereocenters. The number of fused-ring (bicyclic) bond motifs is 3. The lowest BCUT2D eigenvalue weighted by molar-refractivity contribution is 0.0989. The van der Waals surface area contributed by atoms with Crippen molar-refractivity contribution in [3.63, 3.8) is 0 Å². The molecule has 0 radical (unpaired) electrons. The van der Waals surface area contributed by atoms with Gasteiger partial charge >= 0.3 is 0 Å². The lowest BCUT2D eigenvalue weighted by Gasteiger charge is -2.37. The van der Waals surface area contributed by atoms with Gasteiger partial charge in [0.1, 0.15) is 5.75 Å². The summed E-state index contributed by atoms with van der Waals surface area (Å²) in [4.78, 5) is 22.4. The van der Waals surface area contributed by atoms with Crippen LogP contribution in [0, 0.1) is 13.8 Å². The van der Waals surface area contributed by atoms with Gasteiger partial charge in [-0.25, -0.2) is 0 Å². The third kappa shape index (κ3) is 4.38. The minimum Gasteiger partial charge on any atom is -0.492 e. The van der Waals surface area contributed by atoms with Crippen LogP contribution in [0.4, 0.5) is 5.69 Å². The van der Waals surface area contributed by atoms with Crippen molar-refractivity contribution in [2.75, 3.05) is 38.2 Å². The number of hydrogen-bond acceptors (Lipinski definition) is 6. The molecule has 0 saturated carbocycles. The van der Waals surface area contributed by atoms with Crippen molar-refractivity contribution in [2.24, 2.45) is 0 Å². The first kappa shape index (κ1) is 26.5. The first-order chi connectivity index (χ1) is 18.9. The summed E-state index contributed by atoms with van der Waals surface area (Å²) in [6.45, 7) is 7.47. The van der Waals surface area contributed by atoms with E-state index in [-0.39, 0.29) is 23.7 Å². The van der Waals surface area contributed by atoms with E-state index in [9.17, 15) is 4.79 Å². The Labute approximate surface area is 240 Å². The highest BCUT2D eigenvalue weighted by atomic mass is 35.5. The SMILES string of the molecule is Cc1nc(-c2ccc(-c3ccc(C(=O)N4CCc5cc6c(cc54)C4(CCN(C)CC4)CO6)cc3)c(C)c2)no1.Cl. The number of rotatable bonds is 3. The van der Waals surface area contributed by atoms with Crippen molar-refractivity contribution < 1.29 is 14.1 Å². The monoisotopic (exact) mass is 556 g/mol. The van der Waals surface area contributed by atoms with Crippen LogP contribution >= 0.6 is 12.4 Å². The van der Waals surface area contributed by atoms with E-state index >= 15 is 0 Å². The third-order valence-corrected chi connectivity index (χ3v) is 8.80. The fourth-order valence-corrected chi connectivity index (χ4v) is 6.40. The van der Waals surface area contributed by atoms with E-state index in [4.69, 9.17) is 9.26 Å². The van der Waals surface area contributed by atoms with E-state index in [1.54, 1.807) is 6.92 Å². The fourth-order valence-electron chi connectivity index (χ4n) is 6.40. The van der Waals surface area contributed by atoms with Crippen LogP contribution in [0.1, 0.15) is 45.8 Å². The van der Waals surface area contributed by atoms with Gasteiger partial charge in [-0.15, -0.1) is 12.4 Å². The predicted octanol–water partition coefficient (Wildman–Crippen LogP) is 6.00. The minimum absolute atomic E-state index is 0. The third-order valence-electron chi connectivity index (χ3n) is 8.80. The molecular weight excluding hydrogens is 524 g/mol. The molecular formula is C32H33ClN4O3. The van der Waals surface area contributed by atoms with Gasteiger partial charge in [0.15, 0.2) is 0 Å². The van der Waals surface area contributed by atoms with Gasteiger partial charge in [0.25, 0.3) is 5.91 Å². The summed E-state index contributed by atoms with van der Waals surface area (Å²) in [7, 11) is 2.19. The van der Waals surface area contributed by atoms with E-state index in [0.717, 1.165) is 72.6 Å². The first-order valence-corrected chi connectivity index (χ1v) is 13.7. The Morgan fingerprint density at radius 1 is 0.950 bits per heavy atom. The maximum Gasteiger partial charge on any atom is 0.258 e. The number of carbonyl (C=O) groups excluding carboxylic acids is 1. The quantitative estimate of drug-likeness (QED) is 0.308. The summed E-state index contributed by atoms with van der Waals surface area (Å²) in [5.74, 6) is 2.21. The van der Waals surface area contributed by atoms with Crippen molar-refractivity contribution in [1.29, 1.82) is 0 Å². The van der Waals surface area contributed by atoms with Crippen molar-refractivity contribution in [3.05, 3.63) is 82.7 Å². The van der Waals surface area contributed by atoms with Crippen molar-refractivity contribution in [1.82, 2.24) is 15.0 Å². The lowest BCUT2D eigenvalue weighted by atomic mass is 9.74. The molecule has 3 aliphatic rings. The number of anilines is 1. The molecule has 1 saturated heterocycles. The van der Waals surface area contributed by atoms with Crippen molar-refractivity contribution in [2.45, 2.75) is 38.5 Å². The van der Waals surface area contributed by atoms with E-state index in [1.165, 1.54) is 11.1 Å². The van der Waals surface area contributed by atoms with Gasteiger partial charge in [-0.1, -0.05) is 29.4 Å². The van der Waals surface area contributed by atoms with Crippen molar-refractivity contribution >= 4 is 24.0 Å². The lowest BCUT2D eigenvalue weighted by Crippen LogP contribution is -2.42. The number of benzene rings is 3. The maximum absolute atomic E-state index is 13.7. The molecule has 206 valence electrons. The number of aromatic nitrogens is 2. The zero-order valence-corrected chi connectivity index (χ0v) is 23.9. The van der Waals surface area contributed by atoms with Gasteiger partial charge in [-0.2, -0.15) is 4.98 Å². The zero-order chi connectivity index (χ0) is 26.7. The average Bonchev–Trinajstić information content (AvgIpc) is 3.66. The molecule has 0 bridgehead atoms. The molecule has 7 rings (SSSR count). The smallest absolute Gasteiger partial charge is 0.258 e. The van der Waals surface area contributed by atoms with E-state index < -0.39 is 0 Å². The molecule has 1 aromatic heterocycles. The Morgan fingerprint density at radius 3 is 2.40 bits per heavy atom. The number of carbonyl (C=O) groups is 1. The van der Waals surface area contributed by atoms with Gasteiger partial charge in [-0.3, -0.25) is 4.79 Å². The Balaban J connectivity index is 0.00000289. The molecule has 4 aromatic rings. The van der Waals surface area contributed by atoms with Crippen LogP contribution in [0.15, 0.2) is 59.1 Å². The van der Waals surface area contributed by atoms with Crippen LogP contribution in [-0.2, 0) is 11.8 Å². The highest BCUT2D eigenvalue weighted by Gasteiger charge is 2.44. The van der Waals surface area contributed by atoms with Gasteiger partial charge in [0.2, 0.25) is 11.7 Å². The van der Waals surface area contributed by atoms with Crippen molar-refractivity contribution in [3.8, 4) is 28.3 Å². The summed E-state index contributed by atoms with van der Waals surface area (Å²) >= 11 is 0. The van der Waals surface area contributed by atoms with Gasteiger partial charge in [-0.05, 0) is 98.9 Å². The topological polar surface area (TPSA) is 71.7 Å². The van der Waals surface area contributed by atoms with E-state index in [1.807, 2.05) is 35.2 Å². The molecule has 7 nitrogen and oxygen atoms in total. The number of amides is 1. The average molecular weight is 557 g/mol. The number of aryl methyl sites for hydroxylation is 2. The maximum atomic E-state index is 13.7. The molecule has 3 aromatic carbocycles. The molecule has 1 amide bonds. The fraction of sp³-hybridized carbons (Fsp3) is 0.344. The van der Waals surface area contributed by atoms with Crippen LogP contribution in [0.3, 0.4) is 0 Å². The van der Waals surface area contributed by atoms with Crippen LogP contribution in [0.2, 0.25) is 0 Å². The Bertz CT molecular complexity index is 1590. The highest BCUT2D eigenvalue weighted by molar-refractivity contribution is 6.07. The Morgan fingerprint density at radius 2 is 1.70 bits per heavy atom. The van der Waals surface area contributed by atoms with E-state index in [2.05, 4.69) is 53.3 Å². The number of hydrogen-bond donors (Lipinski definition) is 0. The number of piperidine rings is 1.